The van der Waals surface area contributed by atoms with Crippen molar-refractivity contribution in [2.24, 2.45) is 0 Å². The number of carbonyl (C=O) groups is 1. The molecule has 0 aromatic heterocycles. The number of rotatable bonds is 2. The number of benzene rings is 1. The SMILES string of the molecule is O=C(O)c1c(O)cccc1C1CCN1. The third-order valence-corrected chi connectivity index (χ3v) is 2.49. The molecule has 1 heterocycles. The lowest BCUT2D eigenvalue weighted by Crippen LogP contribution is -2.35. The molecule has 3 N–H and O–H groups in total. The van der Waals surface area contributed by atoms with Crippen molar-refractivity contribution in [1.82, 2.24) is 5.32 Å². The number of hydrogen-bond acceptors (Lipinski definition) is 3. The van der Waals surface area contributed by atoms with Crippen molar-refractivity contribution in [3.8, 4) is 5.75 Å². The van der Waals surface area contributed by atoms with Gasteiger partial charge >= 0.3 is 5.97 Å². The summed E-state index contributed by atoms with van der Waals surface area (Å²) in [7, 11) is 0. The standard InChI is InChI=1S/C10H11NO3/c12-8-3-1-2-6(7-4-5-11-7)9(8)10(13)14/h1-3,7,11-12H,4-5H2,(H,13,14). The van der Waals surface area contributed by atoms with Crippen molar-refractivity contribution in [2.45, 2.75) is 12.5 Å². The molecule has 1 aromatic carbocycles. The van der Waals surface area contributed by atoms with Crippen LogP contribution in [-0.4, -0.2) is 22.7 Å². The van der Waals surface area contributed by atoms with E-state index in [4.69, 9.17) is 5.11 Å². The van der Waals surface area contributed by atoms with Crippen LogP contribution in [0.4, 0.5) is 0 Å². The van der Waals surface area contributed by atoms with Crippen LogP contribution in [0.25, 0.3) is 0 Å². The van der Waals surface area contributed by atoms with Gasteiger partial charge in [0.15, 0.2) is 0 Å². The first-order valence-electron chi connectivity index (χ1n) is 4.48. The van der Waals surface area contributed by atoms with Crippen LogP contribution in [0, 0.1) is 0 Å². The molecule has 0 amide bonds. The Labute approximate surface area is 81.2 Å². The second-order valence-electron chi connectivity index (χ2n) is 3.34. The molecular formula is C10H11NO3. The van der Waals surface area contributed by atoms with E-state index in [1.54, 1.807) is 12.1 Å². The summed E-state index contributed by atoms with van der Waals surface area (Å²) < 4.78 is 0. The molecule has 1 unspecified atom stereocenters. The Balaban J connectivity index is 2.46. The molecule has 0 radical (unpaired) electrons. The van der Waals surface area contributed by atoms with E-state index in [1.165, 1.54) is 6.07 Å². The van der Waals surface area contributed by atoms with E-state index in [9.17, 15) is 9.90 Å². The van der Waals surface area contributed by atoms with Crippen molar-refractivity contribution in [1.29, 1.82) is 0 Å². The number of aromatic carboxylic acids is 1. The highest BCUT2D eigenvalue weighted by atomic mass is 16.4. The summed E-state index contributed by atoms with van der Waals surface area (Å²) in [5, 5.41) is 21.5. The zero-order valence-electron chi connectivity index (χ0n) is 7.53. The minimum absolute atomic E-state index is 0.0182. The Kier molecular flexibility index (Phi) is 2.13. The maximum atomic E-state index is 10.9. The van der Waals surface area contributed by atoms with E-state index in [0.29, 0.717) is 5.56 Å². The molecule has 14 heavy (non-hydrogen) atoms. The first-order valence-corrected chi connectivity index (χ1v) is 4.48. The van der Waals surface area contributed by atoms with Crippen LogP contribution in [-0.2, 0) is 0 Å². The van der Waals surface area contributed by atoms with Gasteiger partial charge < -0.3 is 15.5 Å². The lowest BCUT2D eigenvalue weighted by Gasteiger charge is -2.29. The third-order valence-electron chi connectivity index (χ3n) is 2.49. The van der Waals surface area contributed by atoms with Gasteiger partial charge in [-0.15, -0.1) is 0 Å². The monoisotopic (exact) mass is 193 g/mol. The first kappa shape index (κ1) is 9.02. The van der Waals surface area contributed by atoms with Gasteiger partial charge in [0.1, 0.15) is 11.3 Å². The van der Waals surface area contributed by atoms with Gasteiger partial charge in [0, 0.05) is 6.04 Å². The van der Waals surface area contributed by atoms with E-state index in [1.807, 2.05) is 0 Å². The number of nitrogens with one attached hydrogen (secondary N) is 1. The Morgan fingerprint density at radius 3 is 2.71 bits per heavy atom. The fraction of sp³-hybridized carbons (Fsp3) is 0.300. The Morgan fingerprint density at radius 1 is 1.50 bits per heavy atom. The van der Waals surface area contributed by atoms with Crippen molar-refractivity contribution in [3.05, 3.63) is 29.3 Å². The number of phenols is 1. The second-order valence-corrected chi connectivity index (χ2v) is 3.34. The summed E-state index contributed by atoms with van der Waals surface area (Å²) in [6.45, 7) is 0.902. The summed E-state index contributed by atoms with van der Waals surface area (Å²) in [6, 6.07) is 4.87. The predicted octanol–water partition coefficient (Wildman–Crippen LogP) is 1.12. The Hall–Kier alpha value is -1.55. The third kappa shape index (κ3) is 1.33. The van der Waals surface area contributed by atoms with E-state index in [2.05, 4.69) is 5.32 Å². The number of carboxylic acids is 1. The van der Waals surface area contributed by atoms with Crippen molar-refractivity contribution >= 4 is 5.97 Å². The fourth-order valence-electron chi connectivity index (χ4n) is 1.64. The summed E-state index contributed by atoms with van der Waals surface area (Å²) in [5.74, 6) is -1.24. The molecule has 74 valence electrons. The van der Waals surface area contributed by atoms with Gasteiger partial charge in [-0.2, -0.15) is 0 Å². The molecule has 0 aliphatic carbocycles. The number of hydrogen-bond donors (Lipinski definition) is 3. The molecule has 0 saturated carbocycles. The van der Waals surface area contributed by atoms with Crippen LogP contribution < -0.4 is 5.32 Å². The molecule has 2 rings (SSSR count). The smallest absolute Gasteiger partial charge is 0.339 e. The molecule has 0 bridgehead atoms. The van der Waals surface area contributed by atoms with Crippen LogP contribution in [0.2, 0.25) is 0 Å². The normalized spacial score (nSPS) is 20.1. The topological polar surface area (TPSA) is 69.6 Å². The summed E-state index contributed by atoms with van der Waals surface area (Å²) in [6.07, 6.45) is 0.920. The molecule has 1 aliphatic rings. The quantitative estimate of drug-likeness (QED) is 0.658. The van der Waals surface area contributed by atoms with Crippen molar-refractivity contribution < 1.29 is 15.0 Å². The maximum absolute atomic E-state index is 10.9. The van der Waals surface area contributed by atoms with E-state index >= 15 is 0 Å². The van der Waals surface area contributed by atoms with Crippen LogP contribution in [0.5, 0.6) is 5.75 Å². The second kappa shape index (κ2) is 3.31. The van der Waals surface area contributed by atoms with E-state index < -0.39 is 5.97 Å². The van der Waals surface area contributed by atoms with Crippen molar-refractivity contribution in [2.75, 3.05) is 6.54 Å². The van der Waals surface area contributed by atoms with Gasteiger partial charge in [0.2, 0.25) is 0 Å². The van der Waals surface area contributed by atoms with Gasteiger partial charge in [0.05, 0.1) is 0 Å². The van der Waals surface area contributed by atoms with Gasteiger partial charge in [-0.1, -0.05) is 12.1 Å². The highest BCUT2D eigenvalue weighted by molar-refractivity contribution is 5.92. The Morgan fingerprint density at radius 2 is 2.21 bits per heavy atom. The van der Waals surface area contributed by atoms with Crippen LogP contribution in [0.3, 0.4) is 0 Å². The molecule has 4 nitrogen and oxygen atoms in total. The van der Waals surface area contributed by atoms with Gasteiger partial charge in [-0.3, -0.25) is 0 Å². The lowest BCUT2D eigenvalue weighted by molar-refractivity contribution is 0.0690. The lowest BCUT2D eigenvalue weighted by atomic mass is 9.93. The molecule has 4 heteroatoms. The Bertz CT molecular complexity index is 372. The average Bonchev–Trinajstić information content (AvgIpc) is 1.99. The molecule has 1 saturated heterocycles. The molecule has 1 atom stereocenters. The molecule has 1 fully saturated rings. The van der Waals surface area contributed by atoms with Crippen LogP contribution >= 0.6 is 0 Å². The number of carboxylic acid groups (broad SMARTS) is 1. The van der Waals surface area contributed by atoms with E-state index in [-0.39, 0.29) is 17.4 Å². The molecule has 0 spiro atoms. The molecule has 1 aliphatic heterocycles. The zero-order valence-corrected chi connectivity index (χ0v) is 7.53. The largest absolute Gasteiger partial charge is 0.507 e. The summed E-state index contributed by atoms with van der Waals surface area (Å²) >= 11 is 0. The molecule has 1 aromatic rings. The zero-order chi connectivity index (χ0) is 10.1. The average molecular weight is 193 g/mol. The highest BCUT2D eigenvalue weighted by Crippen LogP contribution is 2.30. The fourth-order valence-corrected chi connectivity index (χ4v) is 1.64. The van der Waals surface area contributed by atoms with Crippen LogP contribution in [0.1, 0.15) is 28.4 Å². The van der Waals surface area contributed by atoms with Gasteiger partial charge in [-0.05, 0) is 24.6 Å². The summed E-state index contributed by atoms with van der Waals surface area (Å²) in [4.78, 5) is 10.9. The predicted molar refractivity (Wildman–Crippen MR) is 50.4 cm³/mol. The maximum Gasteiger partial charge on any atom is 0.339 e. The van der Waals surface area contributed by atoms with E-state index in [0.717, 1.165) is 13.0 Å². The van der Waals surface area contributed by atoms with Crippen LogP contribution in [0.15, 0.2) is 18.2 Å². The molecular weight excluding hydrogens is 182 g/mol. The summed E-state index contributed by atoms with van der Waals surface area (Å²) in [5.41, 5.74) is 0.688. The van der Waals surface area contributed by atoms with Gasteiger partial charge in [-0.25, -0.2) is 4.79 Å². The highest BCUT2D eigenvalue weighted by Gasteiger charge is 2.25. The number of aromatic hydroxyl groups is 1. The minimum Gasteiger partial charge on any atom is -0.507 e. The first-order chi connectivity index (χ1) is 6.70. The van der Waals surface area contributed by atoms with Gasteiger partial charge in [0.25, 0.3) is 0 Å². The minimum atomic E-state index is -1.08. The van der Waals surface area contributed by atoms with Crippen molar-refractivity contribution in [3.63, 3.8) is 0 Å².